The van der Waals surface area contributed by atoms with Crippen molar-refractivity contribution in [2.75, 3.05) is 6.61 Å². The topological polar surface area (TPSA) is 74.1 Å². The molecule has 1 aliphatic rings. The maximum Gasteiger partial charge on any atom is 0.316 e. The van der Waals surface area contributed by atoms with Crippen LogP contribution in [0.2, 0.25) is 0 Å². The minimum Gasteiger partial charge on any atom is -0.465 e. The average molecular weight is 327 g/mol. The summed E-state index contributed by atoms with van der Waals surface area (Å²) in [6.45, 7) is 3.04. The number of nitrogens with zero attached hydrogens (tertiary/aromatic N) is 3. The highest BCUT2D eigenvalue weighted by molar-refractivity contribution is 6.00. The van der Waals surface area contributed by atoms with Crippen molar-refractivity contribution < 1.29 is 14.3 Å². The minimum absolute atomic E-state index is 0.00441. The molecule has 1 unspecified atom stereocenters. The molecule has 0 amide bonds. The molecule has 1 saturated heterocycles. The highest BCUT2D eigenvalue weighted by Crippen LogP contribution is 2.20. The molecule has 3 rings (SSSR count). The fourth-order valence-corrected chi connectivity index (χ4v) is 3.06. The first kappa shape index (κ1) is 16.4. The van der Waals surface area contributed by atoms with Gasteiger partial charge in [-0.05, 0) is 36.0 Å². The summed E-state index contributed by atoms with van der Waals surface area (Å²) in [7, 11) is 0. The lowest BCUT2D eigenvalue weighted by atomic mass is 9.91. The second-order valence-corrected chi connectivity index (χ2v) is 6.02. The van der Waals surface area contributed by atoms with Gasteiger partial charge in [-0.2, -0.15) is 5.10 Å². The first-order valence-corrected chi connectivity index (χ1v) is 8.30. The van der Waals surface area contributed by atoms with Crippen LogP contribution in [0.15, 0.2) is 30.9 Å². The Hall–Kier alpha value is -2.50. The number of hydrogen-bond acceptors (Lipinski definition) is 5. The fraction of sp³-hybridized carbons (Fsp3) is 0.444. The zero-order valence-corrected chi connectivity index (χ0v) is 13.8. The van der Waals surface area contributed by atoms with Crippen molar-refractivity contribution >= 4 is 11.8 Å². The van der Waals surface area contributed by atoms with Crippen LogP contribution in [-0.2, 0) is 33.7 Å². The van der Waals surface area contributed by atoms with Gasteiger partial charge >= 0.3 is 5.97 Å². The second-order valence-electron chi connectivity index (χ2n) is 6.02. The van der Waals surface area contributed by atoms with Crippen molar-refractivity contribution in [3.8, 4) is 0 Å². The molecule has 0 N–H and O–H groups in total. The van der Waals surface area contributed by atoms with Crippen LogP contribution in [0.25, 0.3) is 0 Å². The standard InChI is InChI=1S/C18H21N3O3/c1-2-14-9-13(3-5-15(14)10-21-12-19-11-20-21)4-6-16-17(22)7-8-24-18(16)23/h3,5,9,11-12,16H,2,4,6-8,10H2,1H3. The maximum atomic E-state index is 11.9. The van der Waals surface area contributed by atoms with Gasteiger partial charge in [0, 0.05) is 6.42 Å². The van der Waals surface area contributed by atoms with Gasteiger partial charge in [0.1, 0.15) is 18.6 Å². The Bertz CT molecular complexity index is 709. The molecule has 1 aromatic heterocycles. The smallest absolute Gasteiger partial charge is 0.316 e. The molecule has 1 atom stereocenters. The first-order chi connectivity index (χ1) is 11.7. The molecule has 6 heteroatoms. The third kappa shape index (κ3) is 3.69. The molecule has 2 heterocycles. The van der Waals surface area contributed by atoms with E-state index in [4.69, 9.17) is 4.74 Å². The van der Waals surface area contributed by atoms with Crippen molar-refractivity contribution in [2.24, 2.45) is 5.92 Å². The van der Waals surface area contributed by atoms with Crippen LogP contribution in [0.5, 0.6) is 0 Å². The molecule has 0 saturated carbocycles. The number of rotatable bonds is 6. The van der Waals surface area contributed by atoms with E-state index in [1.165, 1.54) is 17.5 Å². The van der Waals surface area contributed by atoms with Crippen molar-refractivity contribution in [3.63, 3.8) is 0 Å². The number of aryl methyl sites for hydroxylation is 2. The molecule has 24 heavy (non-hydrogen) atoms. The van der Waals surface area contributed by atoms with Crippen molar-refractivity contribution in [1.29, 1.82) is 0 Å². The molecular formula is C18H21N3O3. The number of benzene rings is 1. The van der Waals surface area contributed by atoms with Crippen molar-refractivity contribution in [3.05, 3.63) is 47.5 Å². The number of carbonyl (C=O) groups excluding carboxylic acids is 2. The Morgan fingerprint density at radius 1 is 1.29 bits per heavy atom. The summed E-state index contributed by atoms with van der Waals surface area (Å²) in [5.74, 6) is -0.965. The van der Waals surface area contributed by atoms with E-state index in [2.05, 4.69) is 35.2 Å². The van der Waals surface area contributed by atoms with E-state index in [0.717, 1.165) is 12.0 Å². The maximum absolute atomic E-state index is 11.9. The van der Waals surface area contributed by atoms with Crippen LogP contribution in [0.3, 0.4) is 0 Å². The summed E-state index contributed by atoms with van der Waals surface area (Å²) < 4.78 is 6.79. The van der Waals surface area contributed by atoms with Gasteiger partial charge in [-0.3, -0.25) is 9.59 Å². The molecule has 0 radical (unpaired) electrons. The number of cyclic esters (lactones) is 1. The predicted molar refractivity (Wildman–Crippen MR) is 87.3 cm³/mol. The Balaban J connectivity index is 1.68. The lowest BCUT2D eigenvalue weighted by molar-refractivity contribution is -0.158. The molecule has 6 nitrogen and oxygen atoms in total. The van der Waals surface area contributed by atoms with E-state index in [9.17, 15) is 9.59 Å². The van der Waals surface area contributed by atoms with Gasteiger partial charge in [0.25, 0.3) is 0 Å². The molecule has 1 aliphatic heterocycles. The third-order valence-corrected chi connectivity index (χ3v) is 4.44. The Morgan fingerprint density at radius 3 is 2.88 bits per heavy atom. The van der Waals surface area contributed by atoms with E-state index in [1.54, 1.807) is 11.0 Å². The molecule has 0 aliphatic carbocycles. The fourth-order valence-electron chi connectivity index (χ4n) is 3.06. The monoisotopic (exact) mass is 327 g/mol. The number of hydrogen-bond donors (Lipinski definition) is 0. The van der Waals surface area contributed by atoms with E-state index in [1.807, 2.05) is 0 Å². The quantitative estimate of drug-likeness (QED) is 0.599. The van der Waals surface area contributed by atoms with E-state index >= 15 is 0 Å². The number of Topliss-reactive ketones (excluding diaryl/α,β-unsaturated/α-hetero) is 1. The summed E-state index contributed by atoms with van der Waals surface area (Å²) in [5, 5.41) is 4.14. The van der Waals surface area contributed by atoms with Gasteiger partial charge in [-0.15, -0.1) is 0 Å². The highest BCUT2D eigenvalue weighted by atomic mass is 16.5. The van der Waals surface area contributed by atoms with Crippen LogP contribution in [0, 0.1) is 5.92 Å². The average Bonchev–Trinajstić information content (AvgIpc) is 3.08. The summed E-state index contributed by atoms with van der Waals surface area (Å²) in [5.41, 5.74) is 3.60. The van der Waals surface area contributed by atoms with Crippen LogP contribution in [0.4, 0.5) is 0 Å². The lowest BCUT2D eigenvalue weighted by Gasteiger charge is -2.20. The number of ether oxygens (including phenoxy) is 1. The third-order valence-electron chi connectivity index (χ3n) is 4.44. The zero-order chi connectivity index (χ0) is 16.9. The van der Waals surface area contributed by atoms with E-state index < -0.39 is 5.92 Å². The van der Waals surface area contributed by atoms with Gasteiger partial charge in [0.2, 0.25) is 0 Å². The molecule has 126 valence electrons. The Kier molecular flexibility index (Phi) is 5.03. The molecule has 2 aromatic rings. The van der Waals surface area contributed by atoms with Gasteiger partial charge < -0.3 is 4.74 Å². The molecular weight excluding hydrogens is 306 g/mol. The summed E-state index contributed by atoms with van der Waals surface area (Å²) in [4.78, 5) is 27.5. The zero-order valence-electron chi connectivity index (χ0n) is 13.8. The first-order valence-electron chi connectivity index (χ1n) is 8.30. The normalized spacial score (nSPS) is 17.8. The Labute approximate surface area is 140 Å². The van der Waals surface area contributed by atoms with Crippen LogP contribution in [-0.4, -0.2) is 33.1 Å². The molecule has 1 aromatic carbocycles. The number of carbonyl (C=O) groups is 2. The van der Waals surface area contributed by atoms with Crippen LogP contribution in [0.1, 0.15) is 36.5 Å². The SMILES string of the molecule is CCc1cc(CCC2C(=O)CCOC2=O)ccc1Cn1cncn1. The van der Waals surface area contributed by atoms with Gasteiger partial charge in [0.05, 0.1) is 13.2 Å². The van der Waals surface area contributed by atoms with Crippen LogP contribution < -0.4 is 0 Å². The summed E-state index contributed by atoms with van der Waals surface area (Å²) in [6.07, 6.45) is 5.70. The number of esters is 1. The molecule has 1 fully saturated rings. The second kappa shape index (κ2) is 7.38. The molecule has 0 spiro atoms. The van der Waals surface area contributed by atoms with E-state index in [-0.39, 0.29) is 18.4 Å². The van der Waals surface area contributed by atoms with Gasteiger partial charge in [0.15, 0.2) is 5.78 Å². The van der Waals surface area contributed by atoms with Crippen LogP contribution >= 0.6 is 0 Å². The van der Waals surface area contributed by atoms with Gasteiger partial charge in [-0.25, -0.2) is 9.67 Å². The number of ketones is 1. The largest absolute Gasteiger partial charge is 0.465 e. The molecule has 0 bridgehead atoms. The Morgan fingerprint density at radius 2 is 2.17 bits per heavy atom. The highest BCUT2D eigenvalue weighted by Gasteiger charge is 2.31. The minimum atomic E-state index is -0.598. The summed E-state index contributed by atoms with van der Waals surface area (Å²) in [6, 6.07) is 6.31. The summed E-state index contributed by atoms with van der Waals surface area (Å²) >= 11 is 0. The number of aromatic nitrogens is 3. The van der Waals surface area contributed by atoms with Crippen molar-refractivity contribution in [1.82, 2.24) is 14.8 Å². The lowest BCUT2D eigenvalue weighted by Crippen LogP contribution is -2.33. The van der Waals surface area contributed by atoms with E-state index in [0.29, 0.717) is 25.8 Å². The predicted octanol–water partition coefficient (Wildman–Crippen LogP) is 1.95. The van der Waals surface area contributed by atoms with Gasteiger partial charge in [-0.1, -0.05) is 25.1 Å². The van der Waals surface area contributed by atoms with Crippen molar-refractivity contribution in [2.45, 2.75) is 39.2 Å².